The molecule has 1 N–H and O–H groups in total. The Kier molecular flexibility index (Phi) is 4.43. The van der Waals surface area contributed by atoms with Gasteiger partial charge in [-0.3, -0.25) is 0 Å². The van der Waals surface area contributed by atoms with Crippen LogP contribution in [0, 0.1) is 6.92 Å². The van der Waals surface area contributed by atoms with Crippen LogP contribution in [0.1, 0.15) is 12.7 Å². The summed E-state index contributed by atoms with van der Waals surface area (Å²) in [7, 11) is 0. The first-order valence-electron chi connectivity index (χ1n) is 8.21. The van der Waals surface area contributed by atoms with Crippen molar-refractivity contribution in [3.8, 4) is 11.4 Å². The number of morpholine rings is 1. The zero-order chi connectivity index (χ0) is 18.1. The molecule has 1 fully saturated rings. The van der Waals surface area contributed by atoms with Crippen LogP contribution >= 0.6 is 0 Å². The summed E-state index contributed by atoms with van der Waals surface area (Å²) >= 11 is 0.132. The zero-order valence-corrected chi connectivity index (χ0v) is 15.2. The first-order chi connectivity index (χ1) is 12.7. The van der Waals surface area contributed by atoms with Crippen LogP contribution in [-0.4, -0.2) is 54.9 Å². The van der Waals surface area contributed by atoms with Crippen LogP contribution in [0.2, 0.25) is 0 Å². The average Bonchev–Trinajstić information content (AvgIpc) is 3.02. The molecule has 1 aliphatic rings. The van der Waals surface area contributed by atoms with E-state index < -0.39 is 0 Å². The van der Waals surface area contributed by atoms with Crippen molar-refractivity contribution in [3.63, 3.8) is 0 Å². The maximum atomic E-state index is 10.9. The number of H-pyrrole nitrogens is 1. The summed E-state index contributed by atoms with van der Waals surface area (Å²) in [5.74, 6) is 2.30. The number of anilines is 1. The highest BCUT2D eigenvalue weighted by molar-refractivity contribution is 7.54. The van der Waals surface area contributed by atoms with Crippen molar-refractivity contribution < 1.29 is 8.95 Å². The fraction of sp³-hybridized carbons (Fsp3) is 0.375. The Balaban J connectivity index is 1.88. The van der Waals surface area contributed by atoms with E-state index in [-0.39, 0.29) is 17.5 Å². The topological polar surface area (TPSA) is 109 Å². The number of pyridine rings is 1. The maximum Gasteiger partial charge on any atom is 0.206 e. The highest BCUT2D eigenvalue weighted by atomic mass is 32.1. The molecule has 1 saturated heterocycles. The lowest BCUT2D eigenvalue weighted by Crippen LogP contribution is -2.44. The molecule has 0 amide bonds. The molecule has 3 aromatic heterocycles. The van der Waals surface area contributed by atoms with E-state index in [0.29, 0.717) is 30.5 Å². The molecule has 0 aliphatic carbocycles. The second kappa shape index (κ2) is 6.89. The van der Waals surface area contributed by atoms with E-state index in [4.69, 9.17) is 9.72 Å². The smallest absolute Gasteiger partial charge is 0.206 e. The van der Waals surface area contributed by atoms with Crippen LogP contribution in [0.25, 0.3) is 22.6 Å². The van der Waals surface area contributed by atoms with Gasteiger partial charge in [0, 0.05) is 24.4 Å². The Morgan fingerprint density at radius 2 is 2.27 bits per heavy atom. The second-order valence-electron chi connectivity index (χ2n) is 6.07. The molecule has 26 heavy (non-hydrogen) atoms. The predicted octanol–water partition coefficient (Wildman–Crippen LogP) is 1.98. The number of nitrogens with zero attached hydrogens (tertiary/aromatic N) is 6. The van der Waals surface area contributed by atoms with E-state index in [9.17, 15) is 4.21 Å². The van der Waals surface area contributed by atoms with Gasteiger partial charge in [0.1, 0.15) is 11.6 Å². The summed E-state index contributed by atoms with van der Waals surface area (Å²) in [5, 5.41) is 0. The molecule has 10 heteroatoms. The molecule has 0 aromatic carbocycles. The molecule has 4 heterocycles. The lowest BCUT2D eigenvalue weighted by atomic mass is 10.2. The monoisotopic (exact) mass is 371 g/mol. The van der Waals surface area contributed by atoms with Gasteiger partial charge < -0.3 is 14.6 Å². The van der Waals surface area contributed by atoms with Crippen molar-refractivity contribution in [1.29, 1.82) is 0 Å². The quantitative estimate of drug-likeness (QED) is 0.749. The number of hydrogen-bond donors (Lipinski definition) is 1. The number of ether oxygens (including phenoxy) is 1. The van der Waals surface area contributed by atoms with Gasteiger partial charge in [-0.05, 0) is 19.9 Å². The number of aromatic nitrogens is 5. The SMILES string of the molecule is Cc1nc2nccc(-c3nc(N=S=O)cc(N4CCOCC4C)n3)c2[nH]1. The molecule has 0 spiro atoms. The highest BCUT2D eigenvalue weighted by Gasteiger charge is 2.22. The number of rotatable bonds is 3. The summed E-state index contributed by atoms with van der Waals surface area (Å²) in [6.45, 7) is 5.92. The van der Waals surface area contributed by atoms with Crippen LogP contribution in [0.15, 0.2) is 22.7 Å². The molecule has 0 saturated carbocycles. The lowest BCUT2D eigenvalue weighted by molar-refractivity contribution is 0.0985. The van der Waals surface area contributed by atoms with Crippen molar-refractivity contribution in [3.05, 3.63) is 24.2 Å². The minimum atomic E-state index is 0.132. The van der Waals surface area contributed by atoms with Crippen LogP contribution in [0.4, 0.5) is 11.6 Å². The Labute approximate surface area is 153 Å². The van der Waals surface area contributed by atoms with Crippen LogP contribution < -0.4 is 4.90 Å². The van der Waals surface area contributed by atoms with E-state index in [0.717, 1.165) is 29.3 Å². The maximum absolute atomic E-state index is 10.9. The summed E-state index contributed by atoms with van der Waals surface area (Å²) < 4.78 is 20.3. The molecule has 1 aliphatic heterocycles. The van der Waals surface area contributed by atoms with Gasteiger partial charge in [0.25, 0.3) is 0 Å². The molecule has 0 bridgehead atoms. The third-order valence-corrected chi connectivity index (χ3v) is 4.50. The predicted molar refractivity (Wildman–Crippen MR) is 97.5 cm³/mol. The Hall–Kier alpha value is -2.72. The molecule has 9 nitrogen and oxygen atoms in total. The molecule has 4 rings (SSSR count). The summed E-state index contributed by atoms with van der Waals surface area (Å²) in [4.78, 5) is 23.1. The van der Waals surface area contributed by atoms with E-state index >= 15 is 0 Å². The van der Waals surface area contributed by atoms with E-state index in [2.05, 4.69) is 36.1 Å². The number of hydrogen-bond acceptors (Lipinski definition) is 8. The van der Waals surface area contributed by atoms with Gasteiger partial charge in [-0.15, -0.1) is 4.36 Å². The van der Waals surface area contributed by atoms with Crippen LogP contribution in [-0.2, 0) is 16.2 Å². The molecule has 134 valence electrons. The molecule has 1 unspecified atom stereocenters. The third-order valence-electron chi connectivity index (χ3n) is 4.24. The zero-order valence-electron chi connectivity index (χ0n) is 14.3. The van der Waals surface area contributed by atoms with E-state index in [1.54, 1.807) is 12.3 Å². The van der Waals surface area contributed by atoms with Gasteiger partial charge >= 0.3 is 0 Å². The fourth-order valence-electron chi connectivity index (χ4n) is 3.05. The number of fused-ring (bicyclic) bond motifs is 1. The number of imidazole rings is 1. The molecule has 3 aromatic rings. The minimum Gasteiger partial charge on any atom is -0.377 e. The van der Waals surface area contributed by atoms with Gasteiger partial charge in [-0.1, -0.05) is 0 Å². The summed E-state index contributed by atoms with van der Waals surface area (Å²) in [5.41, 5.74) is 2.13. The van der Waals surface area contributed by atoms with Gasteiger partial charge in [0.15, 0.2) is 17.3 Å². The average molecular weight is 371 g/mol. The van der Waals surface area contributed by atoms with Gasteiger partial charge in [-0.25, -0.2) is 19.9 Å². The van der Waals surface area contributed by atoms with Crippen molar-refractivity contribution in [1.82, 2.24) is 24.9 Å². The third kappa shape index (κ3) is 3.08. The second-order valence-corrected chi connectivity index (χ2v) is 6.40. The normalized spacial score (nSPS) is 17.5. The Morgan fingerprint density at radius 1 is 1.38 bits per heavy atom. The van der Waals surface area contributed by atoms with Crippen molar-refractivity contribution in [2.24, 2.45) is 4.36 Å². The largest absolute Gasteiger partial charge is 0.377 e. The van der Waals surface area contributed by atoms with Gasteiger partial charge in [0.2, 0.25) is 11.5 Å². The first-order valence-corrected chi connectivity index (χ1v) is 8.91. The number of aromatic amines is 1. The fourth-order valence-corrected chi connectivity index (χ4v) is 3.22. The van der Waals surface area contributed by atoms with Gasteiger partial charge in [-0.2, -0.15) is 4.21 Å². The Morgan fingerprint density at radius 3 is 3.08 bits per heavy atom. The van der Waals surface area contributed by atoms with Crippen LogP contribution in [0.3, 0.4) is 0 Å². The number of aryl methyl sites for hydroxylation is 1. The molecular formula is C16H17N7O2S. The standard InChI is InChI=1S/C16H17N7O2S/c1-9-8-25-6-5-23(9)13-7-12(22-26-24)20-15(21-13)11-3-4-17-16-14(11)18-10(2)19-16/h3-4,7,9H,5-6,8H2,1-2H3,(H,17,18,19). The lowest BCUT2D eigenvalue weighted by Gasteiger charge is -2.34. The minimum absolute atomic E-state index is 0.132. The van der Waals surface area contributed by atoms with Crippen molar-refractivity contribution in [2.75, 3.05) is 24.7 Å². The van der Waals surface area contributed by atoms with Crippen molar-refractivity contribution in [2.45, 2.75) is 19.9 Å². The summed E-state index contributed by atoms with van der Waals surface area (Å²) in [6.07, 6.45) is 1.67. The van der Waals surface area contributed by atoms with Crippen LogP contribution in [0.5, 0.6) is 0 Å². The Bertz CT molecular complexity index is 1020. The molecule has 0 radical (unpaired) electrons. The first kappa shape index (κ1) is 16.7. The van der Waals surface area contributed by atoms with Crippen molar-refractivity contribution >= 4 is 34.3 Å². The van der Waals surface area contributed by atoms with E-state index in [1.807, 2.05) is 13.0 Å². The molecular weight excluding hydrogens is 354 g/mol. The van der Waals surface area contributed by atoms with E-state index in [1.165, 1.54) is 0 Å². The van der Waals surface area contributed by atoms with Gasteiger partial charge in [0.05, 0.1) is 24.8 Å². The highest BCUT2D eigenvalue weighted by Crippen LogP contribution is 2.29. The number of nitrogens with one attached hydrogen (secondary N) is 1. The summed E-state index contributed by atoms with van der Waals surface area (Å²) in [6, 6.07) is 3.73. The molecule has 1 atom stereocenters.